The lowest BCUT2D eigenvalue weighted by Crippen LogP contribution is -2.12. The van der Waals surface area contributed by atoms with E-state index in [-0.39, 0.29) is 5.91 Å². The molecule has 0 saturated carbocycles. The average Bonchev–Trinajstić information content (AvgIpc) is 3.06. The number of oxazole rings is 1. The van der Waals surface area contributed by atoms with Crippen molar-refractivity contribution in [1.82, 2.24) is 15.0 Å². The van der Waals surface area contributed by atoms with Crippen molar-refractivity contribution in [3.05, 3.63) is 72.3 Å². The van der Waals surface area contributed by atoms with E-state index in [1.54, 1.807) is 42.9 Å². The van der Waals surface area contributed by atoms with Gasteiger partial charge in [-0.2, -0.15) is 0 Å². The quantitative estimate of drug-likeness (QED) is 0.617. The lowest BCUT2D eigenvalue weighted by molar-refractivity contribution is 0.102. The minimum Gasteiger partial charge on any atom is -0.436 e. The molecule has 1 N–H and O–H groups in total. The number of carbonyl (C=O) groups excluding carboxylic acids is 1. The van der Waals surface area contributed by atoms with Crippen molar-refractivity contribution in [2.75, 3.05) is 5.32 Å². The number of carbonyl (C=O) groups is 1. The molecule has 3 heterocycles. The first kappa shape index (κ1) is 15.0. The molecule has 4 aromatic rings. The maximum absolute atomic E-state index is 12.3. The summed E-state index contributed by atoms with van der Waals surface area (Å²) in [5, 5.41) is 2.85. The van der Waals surface area contributed by atoms with Crippen molar-refractivity contribution in [3.8, 4) is 11.5 Å². The van der Waals surface area contributed by atoms with Crippen LogP contribution in [0.2, 0.25) is 0 Å². The molecule has 1 amide bonds. The van der Waals surface area contributed by atoms with E-state index in [2.05, 4.69) is 20.3 Å². The Bertz CT molecular complexity index is 1060. The Balaban J connectivity index is 1.62. The van der Waals surface area contributed by atoms with Crippen LogP contribution in [0.1, 0.15) is 15.9 Å². The summed E-state index contributed by atoms with van der Waals surface area (Å²) in [5.41, 5.74) is 4.20. The predicted molar refractivity (Wildman–Crippen MR) is 94.2 cm³/mol. The maximum atomic E-state index is 12.3. The number of aromatic nitrogens is 3. The molecule has 122 valence electrons. The van der Waals surface area contributed by atoms with Gasteiger partial charge in [-0.3, -0.25) is 14.8 Å². The number of benzene rings is 1. The average molecular weight is 330 g/mol. The van der Waals surface area contributed by atoms with Gasteiger partial charge >= 0.3 is 0 Å². The normalized spacial score (nSPS) is 10.8. The first-order valence-electron chi connectivity index (χ1n) is 7.73. The van der Waals surface area contributed by atoms with E-state index < -0.39 is 0 Å². The fourth-order valence-corrected chi connectivity index (χ4v) is 2.50. The van der Waals surface area contributed by atoms with Crippen molar-refractivity contribution in [3.63, 3.8) is 0 Å². The number of hydrogen-bond donors (Lipinski definition) is 1. The molecule has 0 aliphatic heterocycles. The third-order valence-corrected chi connectivity index (χ3v) is 3.69. The van der Waals surface area contributed by atoms with E-state index in [9.17, 15) is 4.79 Å². The van der Waals surface area contributed by atoms with Crippen molar-refractivity contribution < 1.29 is 9.21 Å². The van der Waals surface area contributed by atoms with Gasteiger partial charge in [-0.1, -0.05) is 0 Å². The monoisotopic (exact) mass is 330 g/mol. The van der Waals surface area contributed by atoms with Gasteiger partial charge in [0.1, 0.15) is 5.52 Å². The summed E-state index contributed by atoms with van der Waals surface area (Å²) < 4.78 is 5.74. The molecule has 0 bridgehead atoms. The highest BCUT2D eigenvalue weighted by atomic mass is 16.3. The highest BCUT2D eigenvalue weighted by molar-refractivity contribution is 6.04. The number of aryl methyl sites for hydroxylation is 1. The number of anilines is 1. The minimum absolute atomic E-state index is 0.216. The largest absolute Gasteiger partial charge is 0.436 e. The number of pyridine rings is 2. The molecule has 6 nitrogen and oxygen atoms in total. The van der Waals surface area contributed by atoms with Gasteiger partial charge in [0.2, 0.25) is 5.89 Å². The van der Waals surface area contributed by atoms with Crippen LogP contribution in [0.5, 0.6) is 0 Å². The van der Waals surface area contributed by atoms with Gasteiger partial charge in [0.05, 0.1) is 11.1 Å². The van der Waals surface area contributed by atoms with Crippen molar-refractivity contribution in [2.45, 2.75) is 6.92 Å². The van der Waals surface area contributed by atoms with Crippen LogP contribution in [0.25, 0.3) is 22.6 Å². The molecule has 0 fully saturated rings. The molecular weight excluding hydrogens is 316 g/mol. The summed E-state index contributed by atoms with van der Waals surface area (Å²) in [4.78, 5) is 24.9. The van der Waals surface area contributed by atoms with Crippen molar-refractivity contribution in [1.29, 1.82) is 0 Å². The molecule has 0 unspecified atom stereocenters. The van der Waals surface area contributed by atoms with Gasteiger partial charge < -0.3 is 9.73 Å². The molecule has 25 heavy (non-hydrogen) atoms. The van der Waals surface area contributed by atoms with E-state index >= 15 is 0 Å². The molecule has 0 spiro atoms. The Morgan fingerprint density at radius 2 is 2.00 bits per heavy atom. The molecule has 6 heteroatoms. The number of hydrogen-bond acceptors (Lipinski definition) is 5. The standard InChI is InChI=1S/C19H14N4O2/c1-12-7-14(11-21-9-12)18(24)22-15-4-5-17-16(8-15)23-19(25-17)13-3-2-6-20-10-13/h2-11H,1H3,(H,22,24). The van der Waals surface area contributed by atoms with Crippen LogP contribution >= 0.6 is 0 Å². The zero-order chi connectivity index (χ0) is 17.2. The van der Waals surface area contributed by atoms with Crippen molar-refractivity contribution >= 4 is 22.7 Å². The molecule has 0 atom stereocenters. The summed E-state index contributed by atoms with van der Waals surface area (Å²) >= 11 is 0. The van der Waals surface area contributed by atoms with Crippen LogP contribution in [-0.4, -0.2) is 20.9 Å². The van der Waals surface area contributed by atoms with E-state index in [0.29, 0.717) is 28.2 Å². The molecular formula is C19H14N4O2. The summed E-state index contributed by atoms with van der Waals surface area (Å²) in [6, 6.07) is 10.8. The molecule has 1 aromatic carbocycles. The van der Waals surface area contributed by atoms with Crippen LogP contribution in [0.4, 0.5) is 5.69 Å². The SMILES string of the molecule is Cc1cncc(C(=O)Nc2ccc3oc(-c4cccnc4)nc3c2)c1. The maximum Gasteiger partial charge on any atom is 0.257 e. The zero-order valence-corrected chi connectivity index (χ0v) is 13.4. The van der Waals surface area contributed by atoms with E-state index in [1.165, 1.54) is 6.20 Å². The van der Waals surface area contributed by atoms with Crippen LogP contribution in [0.3, 0.4) is 0 Å². The van der Waals surface area contributed by atoms with Crippen LogP contribution in [-0.2, 0) is 0 Å². The number of fused-ring (bicyclic) bond motifs is 1. The molecule has 0 radical (unpaired) electrons. The Labute approximate surface area is 143 Å². The van der Waals surface area contributed by atoms with E-state index in [1.807, 2.05) is 19.1 Å². The van der Waals surface area contributed by atoms with Crippen LogP contribution in [0.15, 0.2) is 65.6 Å². The smallest absolute Gasteiger partial charge is 0.257 e. The van der Waals surface area contributed by atoms with Gasteiger partial charge in [0.25, 0.3) is 5.91 Å². The zero-order valence-electron chi connectivity index (χ0n) is 13.4. The highest BCUT2D eigenvalue weighted by Crippen LogP contribution is 2.25. The van der Waals surface area contributed by atoms with Gasteiger partial charge in [-0.15, -0.1) is 0 Å². The predicted octanol–water partition coefficient (Wildman–Crippen LogP) is 3.85. The summed E-state index contributed by atoms with van der Waals surface area (Å²) in [7, 11) is 0. The molecule has 3 aromatic heterocycles. The minimum atomic E-state index is -0.216. The van der Waals surface area contributed by atoms with Gasteiger partial charge in [0.15, 0.2) is 5.58 Å². The van der Waals surface area contributed by atoms with Gasteiger partial charge in [0, 0.05) is 30.5 Å². The lowest BCUT2D eigenvalue weighted by Gasteiger charge is -2.05. The summed E-state index contributed by atoms with van der Waals surface area (Å²) in [6.07, 6.45) is 6.63. The molecule has 4 rings (SSSR count). The van der Waals surface area contributed by atoms with Crippen molar-refractivity contribution in [2.24, 2.45) is 0 Å². The Morgan fingerprint density at radius 3 is 2.80 bits per heavy atom. The van der Waals surface area contributed by atoms with Gasteiger partial charge in [-0.05, 0) is 48.9 Å². The topological polar surface area (TPSA) is 80.9 Å². The first-order chi connectivity index (χ1) is 12.2. The third kappa shape index (κ3) is 3.10. The Hall–Kier alpha value is -3.54. The Morgan fingerprint density at radius 1 is 1.08 bits per heavy atom. The second-order valence-corrected chi connectivity index (χ2v) is 5.65. The summed E-state index contributed by atoms with van der Waals surface area (Å²) in [5.74, 6) is 0.279. The number of nitrogens with zero attached hydrogens (tertiary/aromatic N) is 3. The molecule has 0 aliphatic rings. The fourth-order valence-electron chi connectivity index (χ4n) is 2.50. The van der Waals surface area contributed by atoms with Crippen LogP contribution in [0, 0.1) is 6.92 Å². The summed E-state index contributed by atoms with van der Waals surface area (Å²) in [6.45, 7) is 1.89. The van der Waals surface area contributed by atoms with Crippen LogP contribution < -0.4 is 5.32 Å². The van der Waals surface area contributed by atoms with E-state index in [0.717, 1.165) is 11.1 Å². The molecule has 0 aliphatic carbocycles. The first-order valence-corrected chi connectivity index (χ1v) is 7.73. The van der Waals surface area contributed by atoms with Gasteiger partial charge in [-0.25, -0.2) is 4.98 Å². The highest BCUT2D eigenvalue weighted by Gasteiger charge is 2.11. The third-order valence-electron chi connectivity index (χ3n) is 3.69. The lowest BCUT2D eigenvalue weighted by atomic mass is 10.2. The Kier molecular flexibility index (Phi) is 3.70. The fraction of sp³-hybridized carbons (Fsp3) is 0.0526. The number of rotatable bonds is 3. The second-order valence-electron chi connectivity index (χ2n) is 5.65. The molecule has 0 saturated heterocycles. The second kappa shape index (κ2) is 6.16. The number of amides is 1. The van der Waals surface area contributed by atoms with E-state index in [4.69, 9.17) is 4.42 Å². The number of nitrogens with one attached hydrogen (secondary N) is 1.